The zero-order chi connectivity index (χ0) is 38.4. The van der Waals surface area contributed by atoms with Crippen LogP contribution < -0.4 is 0 Å². The van der Waals surface area contributed by atoms with Crippen LogP contribution in [0, 0.1) is 0 Å². The van der Waals surface area contributed by atoms with Crippen molar-refractivity contribution in [2.24, 2.45) is 0 Å². The van der Waals surface area contributed by atoms with Crippen LogP contribution in [0.4, 0.5) is 0 Å². The summed E-state index contributed by atoms with van der Waals surface area (Å²) in [4.78, 5) is 0. The molecule has 0 fully saturated rings. The predicted octanol–water partition coefficient (Wildman–Crippen LogP) is 16.3. The molecule has 58 heavy (non-hydrogen) atoms. The van der Waals surface area contributed by atoms with E-state index in [4.69, 9.17) is 0 Å². The minimum Gasteiger partial charge on any atom is -0.0622 e. The maximum Gasteiger partial charge on any atom is -0.00259 e. The van der Waals surface area contributed by atoms with Gasteiger partial charge in [-0.3, -0.25) is 0 Å². The highest BCUT2D eigenvalue weighted by Crippen LogP contribution is 2.47. The minimum atomic E-state index is 1.19. The van der Waals surface area contributed by atoms with Gasteiger partial charge in [0.2, 0.25) is 0 Å². The third-order valence-corrected chi connectivity index (χ3v) is 11.8. The molecular formula is C58H38. The fourth-order valence-electron chi connectivity index (χ4n) is 9.28. The zero-order valence-corrected chi connectivity index (χ0v) is 31.9. The molecule has 0 N–H and O–H groups in total. The van der Waals surface area contributed by atoms with Crippen molar-refractivity contribution in [2.45, 2.75) is 0 Å². The highest BCUT2D eigenvalue weighted by molar-refractivity contribution is 6.23. The Bertz CT molecular complexity index is 3170. The van der Waals surface area contributed by atoms with Crippen LogP contribution in [0.3, 0.4) is 0 Å². The lowest BCUT2D eigenvalue weighted by molar-refractivity contribution is 1.58. The number of rotatable bonds is 6. The van der Waals surface area contributed by atoms with Gasteiger partial charge >= 0.3 is 0 Å². The highest BCUT2D eigenvalue weighted by atomic mass is 14.2. The number of fused-ring (bicyclic) bond motifs is 4. The standard InChI is InChI=1S/C58H38/c1-4-18-39(19-5-1)44-36-45(38-46(37-44)58-53-30-16-14-28-51(53)56(42-22-8-3-9-23-42)52-29-15-17-31-54(52)58)40-32-34-43(35-33-40)57-49-26-12-10-24-47(49)55(41-20-6-2-7-21-41)48-25-11-13-27-50(48)57/h1-38H. The Morgan fingerprint density at radius 3 is 0.672 bits per heavy atom. The molecule has 0 aliphatic rings. The van der Waals surface area contributed by atoms with E-state index in [1.165, 1.54) is 110 Å². The number of benzene rings is 11. The van der Waals surface area contributed by atoms with Gasteiger partial charge < -0.3 is 0 Å². The van der Waals surface area contributed by atoms with Crippen molar-refractivity contribution in [3.05, 3.63) is 231 Å². The molecular weight excluding hydrogens is 697 g/mol. The summed E-state index contributed by atoms with van der Waals surface area (Å²) in [6.45, 7) is 0. The van der Waals surface area contributed by atoms with E-state index in [1.54, 1.807) is 0 Å². The smallest absolute Gasteiger partial charge is 0.00259 e. The van der Waals surface area contributed by atoms with Gasteiger partial charge in [0.25, 0.3) is 0 Å². The largest absolute Gasteiger partial charge is 0.0622 e. The van der Waals surface area contributed by atoms with Crippen molar-refractivity contribution in [1.29, 1.82) is 0 Å². The van der Waals surface area contributed by atoms with E-state index >= 15 is 0 Å². The van der Waals surface area contributed by atoms with Crippen molar-refractivity contribution >= 4 is 43.1 Å². The molecule has 0 amide bonds. The monoisotopic (exact) mass is 734 g/mol. The second-order valence-corrected chi connectivity index (χ2v) is 15.2. The molecule has 11 rings (SSSR count). The lowest BCUT2D eigenvalue weighted by Crippen LogP contribution is -1.92. The summed E-state index contributed by atoms with van der Waals surface area (Å²) in [6.07, 6.45) is 0. The number of hydrogen-bond acceptors (Lipinski definition) is 0. The molecule has 0 saturated carbocycles. The Morgan fingerprint density at radius 2 is 0.345 bits per heavy atom. The molecule has 0 heterocycles. The van der Waals surface area contributed by atoms with Gasteiger partial charge in [-0.2, -0.15) is 0 Å². The molecule has 0 bridgehead atoms. The summed E-state index contributed by atoms with van der Waals surface area (Å²) in [7, 11) is 0. The lowest BCUT2D eigenvalue weighted by Gasteiger charge is -2.19. The predicted molar refractivity (Wildman–Crippen MR) is 249 cm³/mol. The second kappa shape index (κ2) is 14.2. The van der Waals surface area contributed by atoms with Crippen molar-refractivity contribution in [3.63, 3.8) is 0 Å². The first-order valence-electron chi connectivity index (χ1n) is 20.1. The Labute approximate surface area is 339 Å². The molecule has 11 aromatic carbocycles. The van der Waals surface area contributed by atoms with Crippen molar-refractivity contribution in [2.75, 3.05) is 0 Å². The van der Waals surface area contributed by atoms with Gasteiger partial charge in [0.05, 0.1) is 0 Å². The fraction of sp³-hybridized carbons (Fsp3) is 0. The van der Waals surface area contributed by atoms with E-state index in [1.807, 2.05) is 0 Å². The van der Waals surface area contributed by atoms with E-state index in [0.29, 0.717) is 0 Å². The van der Waals surface area contributed by atoms with Crippen LogP contribution >= 0.6 is 0 Å². The first kappa shape index (κ1) is 33.8. The molecule has 0 nitrogen and oxygen atoms in total. The Morgan fingerprint density at radius 1 is 0.138 bits per heavy atom. The highest BCUT2D eigenvalue weighted by Gasteiger charge is 2.19. The SMILES string of the molecule is c1ccc(-c2cc(-c3ccc(-c4c5ccccc5c(-c5ccccc5)c5ccccc45)cc3)cc(-c3c4ccccc4c(-c4ccccc4)c4ccccc34)c2)cc1. The maximum absolute atomic E-state index is 2.40. The molecule has 0 unspecified atom stereocenters. The maximum atomic E-state index is 2.40. The molecule has 0 spiro atoms. The van der Waals surface area contributed by atoms with Crippen LogP contribution in [-0.4, -0.2) is 0 Å². The van der Waals surface area contributed by atoms with Gasteiger partial charge in [-0.1, -0.05) is 212 Å². The third kappa shape index (κ3) is 5.69. The minimum absolute atomic E-state index is 1.19. The molecule has 11 aromatic rings. The quantitative estimate of drug-likeness (QED) is 0.149. The average Bonchev–Trinajstić information content (AvgIpc) is 3.30. The fourth-order valence-corrected chi connectivity index (χ4v) is 9.28. The van der Waals surface area contributed by atoms with Crippen LogP contribution in [0.5, 0.6) is 0 Å². The van der Waals surface area contributed by atoms with E-state index in [-0.39, 0.29) is 0 Å². The molecule has 0 heteroatoms. The van der Waals surface area contributed by atoms with E-state index in [9.17, 15) is 0 Å². The first-order chi connectivity index (χ1) is 28.8. The van der Waals surface area contributed by atoms with Crippen LogP contribution in [0.1, 0.15) is 0 Å². The average molecular weight is 735 g/mol. The van der Waals surface area contributed by atoms with Gasteiger partial charge in [-0.25, -0.2) is 0 Å². The lowest BCUT2D eigenvalue weighted by atomic mass is 9.84. The van der Waals surface area contributed by atoms with Gasteiger partial charge in [-0.05, 0) is 128 Å². The first-order valence-corrected chi connectivity index (χ1v) is 20.1. The van der Waals surface area contributed by atoms with E-state index in [0.717, 1.165) is 0 Å². The summed E-state index contributed by atoms with van der Waals surface area (Å²) >= 11 is 0. The molecule has 0 aliphatic heterocycles. The Hall–Kier alpha value is -7.54. The van der Waals surface area contributed by atoms with Crippen LogP contribution in [-0.2, 0) is 0 Å². The van der Waals surface area contributed by atoms with Crippen LogP contribution in [0.2, 0.25) is 0 Å². The normalized spacial score (nSPS) is 11.4. The summed E-state index contributed by atoms with van der Waals surface area (Å²) < 4.78 is 0. The molecule has 0 atom stereocenters. The summed E-state index contributed by atoms with van der Waals surface area (Å²) in [5.74, 6) is 0. The topological polar surface area (TPSA) is 0 Å². The van der Waals surface area contributed by atoms with Gasteiger partial charge in [0.1, 0.15) is 0 Å². The van der Waals surface area contributed by atoms with E-state index in [2.05, 4.69) is 231 Å². The van der Waals surface area contributed by atoms with Gasteiger partial charge in [0, 0.05) is 0 Å². The molecule has 270 valence electrons. The van der Waals surface area contributed by atoms with Crippen LogP contribution in [0.15, 0.2) is 231 Å². The number of hydrogen-bond donors (Lipinski definition) is 0. The Balaban J connectivity index is 1.12. The van der Waals surface area contributed by atoms with Gasteiger partial charge in [-0.15, -0.1) is 0 Å². The molecule has 0 aliphatic carbocycles. The third-order valence-electron chi connectivity index (χ3n) is 11.8. The van der Waals surface area contributed by atoms with Crippen LogP contribution in [0.25, 0.3) is 110 Å². The molecule has 0 radical (unpaired) electrons. The second-order valence-electron chi connectivity index (χ2n) is 15.2. The summed E-state index contributed by atoms with van der Waals surface area (Å²) in [5.41, 5.74) is 14.8. The zero-order valence-electron chi connectivity index (χ0n) is 31.9. The van der Waals surface area contributed by atoms with Crippen molar-refractivity contribution in [1.82, 2.24) is 0 Å². The van der Waals surface area contributed by atoms with Crippen molar-refractivity contribution in [3.8, 4) is 66.8 Å². The van der Waals surface area contributed by atoms with Gasteiger partial charge in [0.15, 0.2) is 0 Å². The Kier molecular flexibility index (Phi) is 8.26. The molecule has 0 aromatic heterocycles. The summed E-state index contributed by atoms with van der Waals surface area (Å²) in [6, 6.07) is 84.5. The summed E-state index contributed by atoms with van der Waals surface area (Å²) in [5, 5.41) is 10.1. The van der Waals surface area contributed by atoms with E-state index < -0.39 is 0 Å². The molecule has 0 saturated heterocycles. The van der Waals surface area contributed by atoms with Crippen molar-refractivity contribution < 1.29 is 0 Å².